The largest absolute Gasteiger partial charge is 0.381 e. The molecule has 1 aliphatic carbocycles. The van der Waals surface area contributed by atoms with Crippen LogP contribution in [0, 0.1) is 0 Å². The second-order valence-corrected chi connectivity index (χ2v) is 5.28. The van der Waals surface area contributed by atoms with E-state index in [4.69, 9.17) is 10.5 Å². The highest BCUT2D eigenvalue weighted by Gasteiger charge is 2.37. The van der Waals surface area contributed by atoms with E-state index in [1.807, 2.05) is 0 Å². The number of allylic oxidation sites excluding steroid dienone is 1. The van der Waals surface area contributed by atoms with Crippen LogP contribution in [0.4, 0.5) is 0 Å². The predicted octanol–water partition coefficient (Wildman–Crippen LogP) is 2.34. The van der Waals surface area contributed by atoms with Crippen molar-refractivity contribution in [3.05, 3.63) is 11.6 Å². The van der Waals surface area contributed by atoms with Gasteiger partial charge in [0.1, 0.15) is 0 Å². The Balaban J connectivity index is 2.06. The van der Waals surface area contributed by atoms with Crippen molar-refractivity contribution in [1.82, 2.24) is 0 Å². The van der Waals surface area contributed by atoms with Gasteiger partial charge in [-0.15, -0.1) is 0 Å². The van der Waals surface area contributed by atoms with E-state index >= 15 is 0 Å². The summed E-state index contributed by atoms with van der Waals surface area (Å²) in [6, 6.07) is 0. The molecule has 0 unspecified atom stereocenters. The Bertz CT molecular complexity index is 303. The Morgan fingerprint density at radius 2 is 1.88 bits per heavy atom. The first-order chi connectivity index (χ1) is 8.22. The Hall–Kier alpha value is -0.670. The minimum absolute atomic E-state index is 0.183. The van der Waals surface area contributed by atoms with Crippen LogP contribution in [0.3, 0.4) is 0 Å². The highest BCUT2D eigenvalue weighted by atomic mass is 16.5. The van der Waals surface area contributed by atoms with Crippen LogP contribution >= 0.6 is 0 Å². The van der Waals surface area contributed by atoms with E-state index in [-0.39, 0.29) is 5.78 Å². The molecule has 1 heterocycles. The van der Waals surface area contributed by atoms with Crippen molar-refractivity contribution in [3.63, 3.8) is 0 Å². The maximum Gasteiger partial charge on any atom is 0.178 e. The highest BCUT2D eigenvalue weighted by Crippen LogP contribution is 2.26. The standard InChI is InChI=1S/C14H23NO2/c15-14(8-10-17-11-9-14)13(16)12-6-4-2-1-3-5-7-12/h6H,1-5,7-11,15H2. The van der Waals surface area contributed by atoms with Crippen molar-refractivity contribution in [2.75, 3.05) is 13.2 Å². The Morgan fingerprint density at radius 1 is 1.18 bits per heavy atom. The van der Waals surface area contributed by atoms with E-state index in [0.717, 1.165) is 24.8 Å². The van der Waals surface area contributed by atoms with E-state index in [9.17, 15) is 4.79 Å². The average Bonchev–Trinajstić information content (AvgIpc) is 2.29. The second-order valence-electron chi connectivity index (χ2n) is 5.28. The quantitative estimate of drug-likeness (QED) is 0.802. The molecule has 0 saturated carbocycles. The molecule has 3 heteroatoms. The third-order valence-corrected chi connectivity index (χ3v) is 3.92. The van der Waals surface area contributed by atoms with E-state index in [0.29, 0.717) is 26.1 Å². The average molecular weight is 237 g/mol. The van der Waals surface area contributed by atoms with Crippen molar-refractivity contribution >= 4 is 5.78 Å². The van der Waals surface area contributed by atoms with Gasteiger partial charge in [-0.1, -0.05) is 18.9 Å². The fourth-order valence-corrected chi connectivity index (χ4v) is 2.68. The molecule has 0 radical (unpaired) electrons. The number of carbonyl (C=O) groups excluding carboxylic acids is 1. The van der Waals surface area contributed by atoms with Gasteiger partial charge in [-0.05, 0) is 44.1 Å². The molecule has 2 rings (SSSR count). The topological polar surface area (TPSA) is 52.3 Å². The van der Waals surface area contributed by atoms with Gasteiger partial charge in [0.15, 0.2) is 5.78 Å². The zero-order chi connectivity index (χ0) is 12.1. The lowest BCUT2D eigenvalue weighted by molar-refractivity contribution is -0.123. The lowest BCUT2D eigenvalue weighted by atomic mass is 9.81. The number of ether oxygens (including phenoxy) is 1. The van der Waals surface area contributed by atoms with Gasteiger partial charge in [-0.3, -0.25) is 4.79 Å². The number of ketones is 1. The molecule has 2 aliphatic rings. The van der Waals surface area contributed by atoms with Gasteiger partial charge in [-0.2, -0.15) is 0 Å². The number of carbonyl (C=O) groups is 1. The van der Waals surface area contributed by atoms with Gasteiger partial charge >= 0.3 is 0 Å². The monoisotopic (exact) mass is 237 g/mol. The number of nitrogens with two attached hydrogens (primary N) is 1. The van der Waals surface area contributed by atoms with Gasteiger partial charge in [0.25, 0.3) is 0 Å². The number of hydrogen-bond donors (Lipinski definition) is 1. The molecule has 17 heavy (non-hydrogen) atoms. The molecule has 0 amide bonds. The van der Waals surface area contributed by atoms with Gasteiger partial charge in [0.2, 0.25) is 0 Å². The molecule has 0 bridgehead atoms. The van der Waals surface area contributed by atoms with Crippen LogP contribution in [0.1, 0.15) is 51.4 Å². The first-order valence-corrected chi connectivity index (χ1v) is 6.83. The smallest absolute Gasteiger partial charge is 0.178 e. The van der Waals surface area contributed by atoms with Crippen LogP contribution in [0.5, 0.6) is 0 Å². The number of Topliss-reactive ketones (excluding diaryl/α,β-unsaturated/α-hetero) is 1. The van der Waals surface area contributed by atoms with Gasteiger partial charge in [0, 0.05) is 13.2 Å². The van der Waals surface area contributed by atoms with E-state index in [1.54, 1.807) is 0 Å². The van der Waals surface area contributed by atoms with Crippen LogP contribution in [0.15, 0.2) is 11.6 Å². The van der Waals surface area contributed by atoms with Crippen molar-refractivity contribution in [2.45, 2.75) is 56.9 Å². The molecule has 1 aliphatic heterocycles. The first-order valence-electron chi connectivity index (χ1n) is 6.83. The van der Waals surface area contributed by atoms with Gasteiger partial charge in [-0.25, -0.2) is 0 Å². The van der Waals surface area contributed by atoms with E-state index in [1.165, 1.54) is 19.3 Å². The molecule has 96 valence electrons. The van der Waals surface area contributed by atoms with Crippen LogP contribution < -0.4 is 5.73 Å². The normalized spacial score (nSPS) is 25.6. The minimum Gasteiger partial charge on any atom is -0.381 e. The Morgan fingerprint density at radius 3 is 2.65 bits per heavy atom. The molecular weight excluding hydrogens is 214 g/mol. The molecule has 0 aromatic heterocycles. The lowest BCUT2D eigenvalue weighted by Crippen LogP contribution is -2.52. The third kappa shape index (κ3) is 3.17. The molecule has 1 fully saturated rings. The zero-order valence-corrected chi connectivity index (χ0v) is 10.5. The van der Waals surface area contributed by atoms with Crippen LogP contribution in [0.2, 0.25) is 0 Å². The predicted molar refractivity (Wildman–Crippen MR) is 67.8 cm³/mol. The van der Waals surface area contributed by atoms with E-state index < -0.39 is 5.54 Å². The van der Waals surface area contributed by atoms with Crippen molar-refractivity contribution in [1.29, 1.82) is 0 Å². The van der Waals surface area contributed by atoms with Crippen molar-refractivity contribution in [2.24, 2.45) is 5.73 Å². The maximum absolute atomic E-state index is 12.5. The molecule has 2 N–H and O–H groups in total. The van der Waals surface area contributed by atoms with Crippen LogP contribution in [0.25, 0.3) is 0 Å². The maximum atomic E-state index is 12.5. The third-order valence-electron chi connectivity index (χ3n) is 3.92. The summed E-state index contributed by atoms with van der Waals surface area (Å²) in [5, 5.41) is 0. The number of rotatable bonds is 2. The van der Waals surface area contributed by atoms with Gasteiger partial charge in [0.05, 0.1) is 5.54 Å². The zero-order valence-electron chi connectivity index (χ0n) is 10.5. The summed E-state index contributed by atoms with van der Waals surface area (Å²) in [4.78, 5) is 12.5. The lowest BCUT2D eigenvalue weighted by Gasteiger charge is -2.32. The summed E-state index contributed by atoms with van der Waals surface area (Å²) < 4.78 is 5.30. The van der Waals surface area contributed by atoms with Crippen molar-refractivity contribution < 1.29 is 9.53 Å². The Labute approximate surface area is 103 Å². The molecule has 1 saturated heterocycles. The fraction of sp³-hybridized carbons (Fsp3) is 0.786. The Kier molecular flexibility index (Phi) is 4.35. The molecular formula is C14H23NO2. The summed E-state index contributed by atoms with van der Waals surface area (Å²) in [6.45, 7) is 1.24. The summed E-state index contributed by atoms with van der Waals surface area (Å²) in [7, 11) is 0. The van der Waals surface area contributed by atoms with E-state index in [2.05, 4.69) is 6.08 Å². The summed E-state index contributed by atoms with van der Waals surface area (Å²) in [6.07, 6.45) is 10.3. The first kappa shape index (κ1) is 12.8. The molecule has 0 atom stereocenters. The molecule has 3 nitrogen and oxygen atoms in total. The van der Waals surface area contributed by atoms with Crippen molar-refractivity contribution in [3.8, 4) is 0 Å². The summed E-state index contributed by atoms with van der Waals surface area (Å²) in [5.74, 6) is 0.183. The molecule has 0 aromatic rings. The summed E-state index contributed by atoms with van der Waals surface area (Å²) in [5.41, 5.74) is 6.58. The molecule has 0 aromatic carbocycles. The van der Waals surface area contributed by atoms with Crippen LogP contribution in [-0.2, 0) is 9.53 Å². The van der Waals surface area contributed by atoms with Crippen LogP contribution in [-0.4, -0.2) is 24.5 Å². The SMILES string of the molecule is NC1(C(=O)C2=CCCCCCC2)CCOCC1. The second kappa shape index (κ2) is 5.78. The summed E-state index contributed by atoms with van der Waals surface area (Å²) >= 11 is 0. The fourth-order valence-electron chi connectivity index (χ4n) is 2.68. The minimum atomic E-state index is -0.650. The number of hydrogen-bond acceptors (Lipinski definition) is 3. The van der Waals surface area contributed by atoms with Gasteiger partial charge < -0.3 is 10.5 Å². The molecule has 0 spiro atoms. The highest BCUT2D eigenvalue weighted by molar-refractivity contribution is 6.02.